The second kappa shape index (κ2) is 7.62. The van der Waals surface area contributed by atoms with E-state index >= 15 is 0 Å². The van der Waals surface area contributed by atoms with E-state index in [0.717, 1.165) is 17.2 Å². The van der Waals surface area contributed by atoms with Crippen molar-refractivity contribution in [3.05, 3.63) is 41.4 Å². The molecule has 0 atom stereocenters. The molecule has 0 radical (unpaired) electrons. The Kier molecular flexibility index (Phi) is 5.52. The summed E-state index contributed by atoms with van der Waals surface area (Å²) in [5.74, 6) is -0.0797. The number of amides is 1. The van der Waals surface area contributed by atoms with Crippen molar-refractivity contribution in [3.63, 3.8) is 0 Å². The van der Waals surface area contributed by atoms with Crippen molar-refractivity contribution < 1.29 is 9.53 Å². The molecule has 5 nitrogen and oxygen atoms in total. The number of nitrogens with one attached hydrogen (secondary N) is 2. The molecule has 1 amide bonds. The molecule has 2 N–H and O–H groups in total. The molecular weight excluding hydrogens is 274 g/mol. The van der Waals surface area contributed by atoms with Gasteiger partial charge in [0.2, 0.25) is 0 Å². The van der Waals surface area contributed by atoms with Crippen LogP contribution in [0.3, 0.4) is 0 Å². The Morgan fingerprint density at radius 3 is 3.10 bits per heavy atom. The molecule has 0 bridgehead atoms. The van der Waals surface area contributed by atoms with E-state index < -0.39 is 0 Å². The summed E-state index contributed by atoms with van der Waals surface area (Å²) in [6.45, 7) is 1.25. The van der Waals surface area contributed by atoms with E-state index in [9.17, 15) is 4.79 Å². The molecule has 1 aromatic carbocycles. The third kappa shape index (κ3) is 4.32. The number of anilines is 2. The Bertz CT molecular complexity index is 543. The minimum atomic E-state index is -0.0797. The van der Waals surface area contributed by atoms with E-state index in [1.165, 1.54) is 11.3 Å². The van der Waals surface area contributed by atoms with E-state index in [2.05, 4.69) is 15.6 Å². The largest absolute Gasteiger partial charge is 0.385 e. The number of nitrogens with zero attached hydrogens (tertiary/aromatic N) is 1. The van der Waals surface area contributed by atoms with Crippen molar-refractivity contribution in [2.45, 2.75) is 6.42 Å². The number of benzene rings is 1. The van der Waals surface area contributed by atoms with Gasteiger partial charge < -0.3 is 15.4 Å². The zero-order chi connectivity index (χ0) is 14.2. The van der Waals surface area contributed by atoms with Gasteiger partial charge in [-0.15, -0.1) is 11.3 Å². The highest BCUT2D eigenvalue weighted by Gasteiger charge is 2.06. The zero-order valence-electron chi connectivity index (χ0n) is 11.3. The van der Waals surface area contributed by atoms with Crippen LogP contribution in [0.5, 0.6) is 0 Å². The summed E-state index contributed by atoms with van der Waals surface area (Å²) in [5.41, 5.74) is 1.48. The summed E-state index contributed by atoms with van der Waals surface area (Å²) in [4.78, 5) is 16.1. The lowest BCUT2D eigenvalue weighted by Gasteiger charge is -2.07. The SMILES string of the molecule is COCCCNC(=O)c1cccc(Nc2nccs2)c1. The van der Waals surface area contributed by atoms with Gasteiger partial charge in [0.15, 0.2) is 5.13 Å². The summed E-state index contributed by atoms with van der Waals surface area (Å²) < 4.78 is 4.94. The van der Waals surface area contributed by atoms with E-state index in [1.54, 1.807) is 19.4 Å². The molecule has 0 saturated heterocycles. The van der Waals surface area contributed by atoms with Crippen LogP contribution in [-0.2, 0) is 4.74 Å². The molecule has 6 heteroatoms. The van der Waals surface area contributed by atoms with Crippen LogP contribution in [0.2, 0.25) is 0 Å². The fourth-order valence-electron chi connectivity index (χ4n) is 1.67. The van der Waals surface area contributed by atoms with Gasteiger partial charge in [0.1, 0.15) is 0 Å². The monoisotopic (exact) mass is 291 g/mol. The third-order valence-electron chi connectivity index (χ3n) is 2.62. The van der Waals surface area contributed by atoms with Crippen molar-refractivity contribution in [3.8, 4) is 0 Å². The van der Waals surface area contributed by atoms with Gasteiger partial charge in [-0.25, -0.2) is 4.98 Å². The minimum absolute atomic E-state index is 0.0797. The molecule has 0 spiro atoms. The molecule has 0 aliphatic carbocycles. The first-order valence-electron chi connectivity index (χ1n) is 6.33. The van der Waals surface area contributed by atoms with Crippen LogP contribution in [0.4, 0.5) is 10.8 Å². The fraction of sp³-hybridized carbons (Fsp3) is 0.286. The van der Waals surface area contributed by atoms with Gasteiger partial charge in [-0.2, -0.15) is 0 Å². The Morgan fingerprint density at radius 2 is 2.35 bits per heavy atom. The molecule has 0 unspecified atom stereocenters. The predicted molar refractivity (Wildman–Crippen MR) is 80.7 cm³/mol. The number of thiazole rings is 1. The van der Waals surface area contributed by atoms with Crippen molar-refractivity contribution in [1.29, 1.82) is 0 Å². The van der Waals surface area contributed by atoms with Crippen molar-refractivity contribution in [1.82, 2.24) is 10.3 Å². The van der Waals surface area contributed by atoms with Crippen LogP contribution in [0.15, 0.2) is 35.8 Å². The van der Waals surface area contributed by atoms with Crippen molar-refractivity contribution in [2.24, 2.45) is 0 Å². The second-order valence-corrected chi connectivity index (χ2v) is 5.04. The normalized spacial score (nSPS) is 10.2. The molecule has 2 rings (SSSR count). The molecule has 1 aromatic heterocycles. The molecule has 0 aliphatic rings. The van der Waals surface area contributed by atoms with Crippen LogP contribution in [0.25, 0.3) is 0 Å². The lowest BCUT2D eigenvalue weighted by Crippen LogP contribution is -2.25. The van der Waals surface area contributed by atoms with Crippen LogP contribution in [-0.4, -0.2) is 31.2 Å². The highest BCUT2D eigenvalue weighted by molar-refractivity contribution is 7.13. The predicted octanol–water partition coefficient (Wildman–Crippen LogP) is 2.65. The fourth-order valence-corrected chi connectivity index (χ4v) is 2.22. The van der Waals surface area contributed by atoms with Gasteiger partial charge in [0.05, 0.1) is 0 Å². The molecule has 106 valence electrons. The molecule has 2 aromatic rings. The van der Waals surface area contributed by atoms with E-state index in [-0.39, 0.29) is 5.91 Å². The summed E-state index contributed by atoms with van der Waals surface area (Å²) in [6, 6.07) is 7.36. The first-order valence-corrected chi connectivity index (χ1v) is 7.21. The van der Waals surface area contributed by atoms with Gasteiger partial charge in [0, 0.05) is 43.1 Å². The number of hydrogen-bond acceptors (Lipinski definition) is 5. The van der Waals surface area contributed by atoms with Crippen molar-refractivity contribution >= 4 is 28.1 Å². The maximum atomic E-state index is 12.0. The lowest BCUT2D eigenvalue weighted by molar-refractivity contribution is 0.0948. The van der Waals surface area contributed by atoms with Gasteiger partial charge in [-0.3, -0.25) is 4.79 Å². The van der Waals surface area contributed by atoms with Gasteiger partial charge in [0.25, 0.3) is 5.91 Å². The standard InChI is InChI=1S/C14H17N3O2S/c1-19-8-3-6-15-13(18)11-4-2-5-12(10-11)17-14-16-7-9-20-14/h2,4-5,7,9-10H,3,6,8H2,1H3,(H,15,18)(H,16,17). The summed E-state index contributed by atoms with van der Waals surface area (Å²) in [5, 5.41) is 8.73. The Balaban J connectivity index is 1.93. The number of methoxy groups -OCH3 is 1. The van der Waals surface area contributed by atoms with Crippen molar-refractivity contribution in [2.75, 3.05) is 25.6 Å². The van der Waals surface area contributed by atoms with E-state index in [0.29, 0.717) is 18.7 Å². The summed E-state index contributed by atoms with van der Waals surface area (Å²) in [6.07, 6.45) is 2.54. The smallest absolute Gasteiger partial charge is 0.251 e. The first kappa shape index (κ1) is 14.5. The number of carbonyl (C=O) groups excluding carboxylic acids is 1. The number of ether oxygens (including phenoxy) is 1. The second-order valence-electron chi connectivity index (χ2n) is 4.15. The average Bonchev–Trinajstić information content (AvgIpc) is 2.96. The quantitative estimate of drug-likeness (QED) is 0.770. The van der Waals surface area contributed by atoms with Crippen LogP contribution < -0.4 is 10.6 Å². The first-order chi connectivity index (χ1) is 9.79. The van der Waals surface area contributed by atoms with Crippen LogP contribution >= 0.6 is 11.3 Å². The van der Waals surface area contributed by atoms with Gasteiger partial charge in [-0.05, 0) is 24.6 Å². The molecular formula is C14H17N3O2S. The van der Waals surface area contributed by atoms with E-state index in [4.69, 9.17) is 4.74 Å². The van der Waals surface area contributed by atoms with Crippen LogP contribution in [0, 0.1) is 0 Å². The molecule has 0 fully saturated rings. The highest BCUT2D eigenvalue weighted by atomic mass is 32.1. The topological polar surface area (TPSA) is 63.2 Å². The Morgan fingerprint density at radius 1 is 1.45 bits per heavy atom. The lowest BCUT2D eigenvalue weighted by atomic mass is 10.2. The number of rotatable bonds is 7. The Hall–Kier alpha value is -1.92. The van der Waals surface area contributed by atoms with E-state index in [1.807, 2.05) is 23.6 Å². The molecule has 20 heavy (non-hydrogen) atoms. The number of carbonyl (C=O) groups is 1. The molecule has 0 aliphatic heterocycles. The molecule has 1 heterocycles. The average molecular weight is 291 g/mol. The maximum Gasteiger partial charge on any atom is 0.251 e. The summed E-state index contributed by atoms with van der Waals surface area (Å²) in [7, 11) is 1.65. The molecule has 0 saturated carbocycles. The summed E-state index contributed by atoms with van der Waals surface area (Å²) >= 11 is 1.51. The van der Waals surface area contributed by atoms with Gasteiger partial charge in [-0.1, -0.05) is 6.07 Å². The highest BCUT2D eigenvalue weighted by Crippen LogP contribution is 2.19. The van der Waals surface area contributed by atoms with Gasteiger partial charge >= 0.3 is 0 Å². The minimum Gasteiger partial charge on any atom is -0.385 e. The number of aromatic nitrogens is 1. The van der Waals surface area contributed by atoms with Crippen LogP contribution in [0.1, 0.15) is 16.8 Å². The maximum absolute atomic E-state index is 12.0. The zero-order valence-corrected chi connectivity index (χ0v) is 12.1. The third-order valence-corrected chi connectivity index (χ3v) is 3.31. The number of hydrogen-bond donors (Lipinski definition) is 2. The Labute approximate surface area is 122 Å².